The summed E-state index contributed by atoms with van der Waals surface area (Å²) < 4.78 is 58.2. The highest BCUT2D eigenvalue weighted by atomic mass is 19.4. The van der Waals surface area contributed by atoms with Gasteiger partial charge in [0.1, 0.15) is 17.9 Å². The molecule has 1 aliphatic heterocycles. The van der Waals surface area contributed by atoms with E-state index in [9.17, 15) is 23.1 Å². The molecular formula is C24H31F3N2O5. The van der Waals surface area contributed by atoms with E-state index in [2.05, 4.69) is 5.10 Å². The number of nitrogens with zero attached hydrogens (tertiary/aromatic N) is 2. The lowest BCUT2D eigenvalue weighted by Crippen LogP contribution is -2.28. The molecule has 1 N–H and O–H groups in total. The maximum absolute atomic E-state index is 13.3. The highest BCUT2D eigenvalue weighted by molar-refractivity contribution is 5.94. The van der Waals surface area contributed by atoms with Gasteiger partial charge in [0.15, 0.2) is 0 Å². The van der Waals surface area contributed by atoms with Crippen molar-refractivity contribution in [2.45, 2.75) is 77.3 Å². The van der Waals surface area contributed by atoms with E-state index in [1.165, 1.54) is 18.5 Å². The Kier molecular flexibility index (Phi) is 7.33. The van der Waals surface area contributed by atoms with Gasteiger partial charge >= 0.3 is 12.1 Å². The van der Waals surface area contributed by atoms with E-state index in [0.717, 1.165) is 25.0 Å². The lowest BCUT2D eigenvalue weighted by molar-refractivity contribution is -0.137. The molecule has 34 heavy (non-hydrogen) atoms. The number of esters is 1. The highest BCUT2D eigenvalue weighted by Gasteiger charge is 2.33. The summed E-state index contributed by atoms with van der Waals surface area (Å²) in [5.41, 5.74) is -2.36. The summed E-state index contributed by atoms with van der Waals surface area (Å²) >= 11 is 0. The van der Waals surface area contributed by atoms with Crippen LogP contribution in [0.25, 0.3) is 0 Å². The zero-order valence-corrected chi connectivity index (χ0v) is 20.0. The van der Waals surface area contributed by atoms with Crippen LogP contribution in [0.5, 0.6) is 11.6 Å². The van der Waals surface area contributed by atoms with Crippen LogP contribution in [0.4, 0.5) is 13.2 Å². The number of aromatic nitrogens is 2. The second kappa shape index (κ2) is 9.58. The third-order valence-corrected chi connectivity index (χ3v) is 5.22. The Bertz CT molecular complexity index is 1010. The summed E-state index contributed by atoms with van der Waals surface area (Å²) in [6.07, 6.45) is -3.01. The van der Waals surface area contributed by atoms with E-state index in [-0.39, 0.29) is 29.8 Å². The third kappa shape index (κ3) is 6.73. The first kappa shape index (κ1) is 26.0. The molecule has 1 atom stereocenters. The number of ether oxygens (including phenoxy) is 3. The molecular weight excluding hydrogens is 453 g/mol. The van der Waals surface area contributed by atoms with Crippen molar-refractivity contribution >= 4 is 5.97 Å². The standard InChI is InChI=1S/C24H31F3N2O5/c1-22(2,3)19-12-20(29(28-19)13-16-7-6-10-32-16)34-21(30)17-11-15(24(25,26)27)8-9-18(17)33-14-23(4,5)31/h8-9,11-12,16,31H,6-7,10,13-14H2,1-5H3/t16-/m1/s1. The van der Waals surface area contributed by atoms with Crippen LogP contribution in [0, 0.1) is 0 Å². The molecule has 0 unspecified atom stereocenters. The van der Waals surface area contributed by atoms with E-state index in [1.807, 2.05) is 20.8 Å². The Morgan fingerprint density at radius 1 is 1.21 bits per heavy atom. The van der Waals surface area contributed by atoms with Gasteiger partial charge in [0.2, 0.25) is 5.88 Å². The summed E-state index contributed by atoms with van der Waals surface area (Å²) in [6, 6.07) is 4.16. The molecule has 0 saturated carbocycles. The molecule has 188 valence electrons. The number of rotatable bonds is 7. The molecule has 1 aliphatic rings. The van der Waals surface area contributed by atoms with Gasteiger partial charge in [-0.2, -0.15) is 18.3 Å². The van der Waals surface area contributed by atoms with Crippen LogP contribution in [0.1, 0.15) is 69.1 Å². The van der Waals surface area contributed by atoms with Crippen molar-refractivity contribution < 1.29 is 37.3 Å². The number of aliphatic hydroxyl groups is 1. The number of hydrogen-bond donors (Lipinski definition) is 1. The third-order valence-electron chi connectivity index (χ3n) is 5.22. The molecule has 1 aromatic carbocycles. The first-order valence-electron chi connectivity index (χ1n) is 11.1. The predicted molar refractivity (Wildman–Crippen MR) is 118 cm³/mol. The number of halogens is 3. The zero-order valence-electron chi connectivity index (χ0n) is 20.0. The summed E-state index contributed by atoms with van der Waals surface area (Å²) in [5.74, 6) is -1.04. The van der Waals surface area contributed by atoms with Crippen molar-refractivity contribution in [2.75, 3.05) is 13.2 Å². The average Bonchev–Trinajstić information content (AvgIpc) is 3.35. The minimum absolute atomic E-state index is 0.0931. The van der Waals surface area contributed by atoms with Gasteiger partial charge in [-0.1, -0.05) is 20.8 Å². The number of benzene rings is 1. The van der Waals surface area contributed by atoms with E-state index in [0.29, 0.717) is 24.9 Å². The van der Waals surface area contributed by atoms with Gasteiger partial charge in [0.05, 0.1) is 29.5 Å². The van der Waals surface area contributed by atoms with Crippen molar-refractivity contribution in [1.82, 2.24) is 9.78 Å². The van der Waals surface area contributed by atoms with Crippen LogP contribution >= 0.6 is 0 Å². The monoisotopic (exact) mass is 484 g/mol. The molecule has 1 saturated heterocycles. The van der Waals surface area contributed by atoms with Crippen LogP contribution in [0.3, 0.4) is 0 Å². The summed E-state index contributed by atoms with van der Waals surface area (Å²) in [6.45, 7) is 9.57. The van der Waals surface area contributed by atoms with E-state index in [4.69, 9.17) is 14.2 Å². The molecule has 0 spiro atoms. The largest absolute Gasteiger partial charge is 0.490 e. The topological polar surface area (TPSA) is 82.8 Å². The van der Waals surface area contributed by atoms with E-state index < -0.39 is 28.9 Å². The SMILES string of the molecule is CC(C)(O)COc1ccc(C(F)(F)F)cc1C(=O)Oc1cc(C(C)(C)C)nn1C[C@H]1CCCO1. The molecule has 2 heterocycles. The molecule has 2 aromatic rings. The minimum atomic E-state index is -4.66. The maximum Gasteiger partial charge on any atom is 0.416 e. The van der Waals surface area contributed by atoms with Gasteiger partial charge in [-0.15, -0.1) is 0 Å². The quantitative estimate of drug-likeness (QED) is 0.572. The Labute approximate surface area is 196 Å². The molecule has 1 fully saturated rings. The Balaban J connectivity index is 1.94. The number of carbonyl (C=O) groups is 1. The van der Waals surface area contributed by atoms with Gasteiger partial charge in [-0.3, -0.25) is 0 Å². The Morgan fingerprint density at radius 2 is 1.91 bits per heavy atom. The second-order valence-corrected chi connectivity index (χ2v) is 10.1. The van der Waals surface area contributed by atoms with Gasteiger partial charge < -0.3 is 19.3 Å². The average molecular weight is 485 g/mol. The molecule has 0 amide bonds. The van der Waals surface area contributed by atoms with Gasteiger partial charge in [0.25, 0.3) is 0 Å². The molecule has 0 aliphatic carbocycles. The van der Waals surface area contributed by atoms with Gasteiger partial charge in [-0.05, 0) is 44.9 Å². The lowest BCUT2D eigenvalue weighted by atomic mass is 9.93. The number of carbonyl (C=O) groups excluding carboxylic acids is 1. The highest BCUT2D eigenvalue weighted by Crippen LogP contribution is 2.34. The van der Waals surface area contributed by atoms with Crippen molar-refractivity contribution in [3.63, 3.8) is 0 Å². The van der Waals surface area contributed by atoms with Gasteiger partial charge in [-0.25, -0.2) is 9.48 Å². The fraction of sp³-hybridized carbons (Fsp3) is 0.583. The second-order valence-electron chi connectivity index (χ2n) is 10.1. The minimum Gasteiger partial charge on any atom is -0.490 e. The van der Waals surface area contributed by atoms with E-state index in [1.54, 1.807) is 6.07 Å². The van der Waals surface area contributed by atoms with Crippen LogP contribution in [-0.4, -0.2) is 45.8 Å². The van der Waals surface area contributed by atoms with Crippen LogP contribution in [0.2, 0.25) is 0 Å². The van der Waals surface area contributed by atoms with Crippen LogP contribution in [0.15, 0.2) is 24.3 Å². The first-order valence-corrected chi connectivity index (χ1v) is 11.1. The molecule has 0 radical (unpaired) electrons. The summed E-state index contributed by atoms with van der Waals surface area (Å²) in [7, 11) is 0. The molecule has 0 bridgehead atoms. The number of hydrogen-bond acceptors (Lipinski definition) is 6. The summed E-state index contributed by atoms with van der Waals surface area (Å²) in [5, 5.41) is 14.5. The van der Waals surface area contributed by atoms with Gasteiger partial charge in [0, 0.05) is 18.1 Å². The fourth-order valence-electron chi connectivity index (χ4n) is 3.36. The normalized spacial score (nSPS) is 17.1. The van der Waals surface area contributed by atoms with Crippen molar-refractivity contribution in [2.24, 2.45) is 0 Å². The predicted octanol–water partition coefficient (Wildman–Crippen LogP) is 4.75. The molecule has 7 nitrogen and oxygen atoms in total. The Morgan fingerprint density at radius 3 is 2.47 bits per heavy atom. The van der Waals surface area contributed by atoms with Crippen LogP contribution < -0.4 is 9.47 Å². The smallest absolute Gasteiger partial charge is 0.416 e. The van der Waals surface area contributed by atoms with Crippen molar-refractivity contribution in [3.05, 3.63) is 41.1 Å². The maximum atomic E-state index is 13.3. The number of alkyl halides is 3. The van der Waals surface area contributed by atoms with Crippen molar-refractivity contribution in [1.29, 1.82) is 0 Å². The fourth-order valence-corrected chi connectivity index (χ4v) is 3.36. The van der Waals surface area contributed by atoms with Crippen LogP contribution in [-0.2, 0) is 22.9 Å². The molecule has 3 rings (SSSR count). The van der Waals surface area contributed by atoms with E-state index >= 15 is 0 Å². The lowest BCUT2D eigenvalue weighted by Gasteiger charge is -2.20. The zero-order chi connectivity index (χ0) is 25.3. The molecule has 1 aromatic heterocycles. The first-order chi connectivity index (χ1) is 15.6. The summed E-state index contributed by atoms with van der Waals surface area (Å²) in [4.78, 5) is 13.1. The Hall–Kier alpha value is -2.59. The van der Waals surface area contributed by atoms with Crippen molar-refractivity contribution in [3.8, 4) is 11.6 Å². The molecule has 10 heteroatoms.